The highest BCUT2D eigenvalue weighted by molar-refractivity contribution is 14.0. The average molecular weight is 497 g/mol. The molecule has 0 aromatic heterocycles. The molecule has 11 heteroatoms. The average Bonchev–Trinajstić information content (AvgIpc) is 2.45. The Balaban J connectivity index is 0.00000576. The third kappa shape index (κ3) is 9.23. The van der Waals surface area contributed by atoms with Crippen molar-refractivity contribution < 1.29 is 26.0 Å². The molecule has 0 unspecified atom stereocenters. The summed E-state index contributed by atoms with van der Waals surface area (Å²) < 4.78 is 73.7. The van der Waals surface area contributed by atoms with Crippen LogP contribution in [0.25, 0.3) is 0 Å². The van der Waals surface area contributed by atoms with Gasteiger partial charge in [-0.25, -0.2) is 12.8 Å². The largest absolute Gasteiger partial charge is 0.416 e. The van der Waals surface area contributed by atoms with E-state index in [9.17, 15) is 26.0 Å². The summed E-state index contributed by atoms with van der Waals surface area (Å²) in [6, 6.07) is 2.45. The first-order valence-corrected chi connectivity index (χ1v) is 9.07. The van der Waals surface area contributed by atoms with Crippen molar-refractivity contribution in [2.45, 2.75) is 19.1 Å². The van der Waals surface area contributed by atoms with E-state index in [2.05, 4.69) is 15.6 Å². The minimum Gasteiger partial charge on any atom is -0.356 e. The van der Waals surface area contributed by atoms with E-state index >= 15 is 0 Å². The van der Waals surface area contributed by atoms with Crippen LogP contribution in [0.5, 0.6) is 0 Å². The third-order valence-electron chi connectivity index (χ3n) is 3.03. The van der Waals surface area contributed by atoms with E-state index in [0.717, 1.165) is 18.4 Å². The standard InChI is InChI=1S/C14H19F4N3O2S.HI/c1-19-13(20-6-3-7-24(2,22)23)21-9-10-4-5-11(15)8-12(10)14(16,17)18;/h4-5,8H,3,6-7,9H2,1-2H3,(H2,19,20,21);1H. The predicted molar refractivity (Wildman–Crippen MR) is 99.3 cm³/mol. The molecule has 0 heterocycles. The second-order valence-corrected chi connectivity index (χ2v) is 7.39. The molecule has 1 aromatic rings. The zero-order valence-corrected chi connectivity index (χ0v) is 16.8. The van der Waals surface area contributed by atoms with Crippen molar-refractivity contribution in [3.8, 4) is 0 Å². The van der Waals surface area contributed by atoms with Crippen LogP contribution in [-0.2, 0) is 22.6 Å². The maximum Gasteiger partial charge on any atom is 0.416 e. The first-order chi connectivity index (χ1) is 11.0. The highest BCUT2D eigenvalue weighted by Crippen LogP contribution is 2.32. The summed E-state index contributed by atoms with van der Waals surface area (Å²) in [5.74, 6) is -0.747. The Kier molecular flexibility index (Phi) is 9.69. The molecule has 25 heavy (non-hydrogen) atoms. The summed E-state index contributed by atoms with van der Waals surface area (Å²) >= 11 is 0. The summed E-state index contributed by atoms with van der Waals surface area (Å²) in [5.41, 5.74) is -1.18. The highest BCUT2D eigenvalue weighted by atomic mass is 127. The number of aliphatic imine (C=N–C) groups is 1. The second kappa shape index (κ2) is 10.1. The number of benzene rings is 1. The number of halogens is 5. The van der Waals surface area contributed by atoms with Crippen molar-refractivity contribution >= 4 is 39.8 Å². The van der Waals surface area contributed by atoms with Crippen LogP contribution in [0.2, 0.25) is 0 Å². The van der Waals surface area contributed by atoms with E-state index < -0.39 is 27.4 Å². The van der Waals surface area contributed by atoms with Crippen LogP contribution in [0, 0.1) is 5.82 Å². The minimum absolute atomic E-state index is 0. The lowest BCUT2D eigenvalue weighted by molar-refractivity contribution is -0.138. The van der Waals surface area contributed by atoms with Crippen LogP contribution < -0.4 is 10.6 Å². The second-order valence-electron chi connectivity index (χ2n) is 5.14. The van der Waals surface area contributed by atoms with Crippen molar-refractivity contribution in [3.63, 3.8) is 0 Å². The Morgan fingerprint density at radius 3 is 2.40 bits per heavy atom. The van der Waals surface area contributed by atoms with Crippen LogP contribution in [0.1, 0.15) is 17.5 Å². The van der Waals surface area contributed by atoms with Gasteiger partial charge >= 0.3 is 6.18 Å². The van der Waals surface area contributed by atoms with E-state index in [1.54, 1.807) is 0 Å². The molecule has 0 amide bonds. The van der Waals surface area contributed by atoms with Gasteiger partial charge in [0.05, 0.1) is 11.3 Å². The smallest absolute Gasteiger partial charge is 0.356 e. The molecule has 0 saturated heterocycles. The van der Waals surface area contributed by atoms with E-state index in [4.69, 9.17) is 0 Å². The lowest BCUT2D eigenvalue weighted by atomic mass is 10.1. The fourth-order valence-corrected chi connectivity index (χ4v) is 2.58. The zero-order valence-electron chi connectivity index (χ0n) is 13.7. The Bertz CT molecular complexity index is 694. The molecule has 0 fully saturated rings. The lowest BCUT2D eigenvalue weighted by Crippen LogP contribution is -2.38. The van der Waals surface area contributed by atoms with Crippen molar-refractivity contribution in [1.82, 2.24) is 10.6 Å². The fourth-order valence-electron chi connectivity index (χ4n) is 1.91. The number of hydrogen-bond donors (Lipinski definition) is 2. The minimum atomic E-state index is -4.66. The molecule has 0 spiro atoms. The first kappa shape index (κ1) is 23.9. The van der Waals surface area contributed by atoms with E-state index in [1.165, 1.54) is 7.05 Å². The third-order valence-corrected chi connectivity index (χ3v) is 4.06. The van der Waals surface area contributed by atoms with Crippen molar-refractivity contribution in [3.05, 3.63) is 35.1 Å². The van der Waals surface area contributed by atoms with Gasteiger partial charge in [0, 0.05) is 26.4 Å². The topological polar surface area (TPSA) is 70.6 Å². The number of sulfone groups is 1. The van der Waals surface area contributed by atoms with Gasteiger partial charge in [-0.15, -0.1) is 24.0 Å². The Labute approximate surface area is 161 Å². The molecular formula is C14H20F4IN3O2S. The van der Waals surface area contributed by atoms with E-state index in [-0.39, 0.29) is 47.8 Å². The fraction of sp³-hybridized carbons (Fsp3) is 0.500. The van der Waals surface area contributed by atoms with Crippen molar-refractivity contribution in [1.29, 1.82) is 0 Å². The summed E-state index contributed by atoms with van der Waals surface area (Å²) in [5, 5.41) is 5.48. The number of nitrogens with one attached hydrogen (secondary N) is 2. The van der Waals surface area contributed by atoms with Gasteiger partial charge in [-0.1, -0.05) is 6.07 Å². The summed E-state index contributed by atoms with van der Waals surface area (Å²) in [6.45, 7) is 0.0865. The molecule has 0 aliphatic carbocycles. The van der Waals surface area contributed by atoms with Gasteiger partial charge in [0.15, 0.2) is 5.96 Å². The Hall–Kier alpha value is -1.11. The molecule has 1 aromatic carbocycles. The molecule has 0 aliphatic heterocycles. The monoisotopic (exact) mass is 497 g/mol. The van der Waals surface area contributed by atoms with Crippen LogP contribution >= 0.6 is 24.0 Å². The van der Waals surface area contributed by atoms with Gasteiger partial charge in [0.2, 0.25) is 0 Å². The summed E-state index contributed by atoms with van der Waals surface area (Å²) in [7, 11) is -1.64. The SMILES string of the molecule is CN=C(NCCCS(C)(=O)=O)NCc1ccc(F)cc1C(F)(F)F.I. The lowest BCUT2D eigenvalue weighted by Gasteiger charge is -2.15. The van der Waals surface area contributed by atoms with Gasteiger partial charge in [0.25, 0.3) is 0 Å². The maximum absolute atomic E-state index is 13.0. The quantitative estimate of drug-likeness (QED) is 0.209. The molecule has 1 rings (SSSR count). The number of hydrogen-bond acceptors (Lipinski definition) is 3. The zero-order chi connectivity index (χ0) is 18.4. The van der Waals surface area contributed by atoms with Crippen LogP contribution in [0.4, 0.5) is 17.6 Å². The van der Waals surface area contributed by atoms with Gasteiger partial charge < -0.3 is 10.6 Å². The molecule has 5 nitrogen and oxygen atoms in total. The molecule has 0 bridgehead atoms. The molecule has 0 radical (unpaired) electrons. The predicted octanol–water partition coefficient (Wildman–Crippen LogP) is 2.56. The number of nitrogens with zero attached hydrogens (tertiary/aromatic N) is 1. The molecule has 0 saturated carbocycles. The first-order valence-electron chi connectivity index (χ1n) is 7.01. The molecule has 144 valence electrons. The molecule has 0 aliphatic rings. The molecular weight excluding hydrogens is 477 g/mol. The van der Waals surface area contributed by atoms with Gasteiger partial charge in [0.1, 0.15) is 15.7 Å². The maximum atomic E-state index is 13.0. The van der Waals surface area contributed by atoms with Gasteiger partial charge in [-0.2, -0.15) is 13.2 Å². The van der Waals surface area contributed by atoms with E-state index in [0.29, 0.717) is 19.0 Å². The Morgan fingerprint density at radius 2 is 1.88 bits per heavy atom. The van der Waals surface area contributed by atoms with Gasteiger partial charge in [-0.3, -0.25) is 4.99 Å². The van der Waals surface area contributed by atoms with Crippen LogP contribution in [0.3, 0.4) is 0 Å². The normalized spacial score (nSPS) is 12.5. The van der Waals surface area contributed by atoms with Crippen molar-refractivity contribution in [2.75, 3.05) is 25.6 Å². The number of rotatable bonds is 6. The molecule has 2 N–H and O–H groups in total. The van der Waals surface area contributed by atoms with Crippen LogP contribution in [0.15, 0.2) is 23.2 Å². The van der Waals surface area contributed by atoms with Crippen molar-refractivity contribution in [2.24, 2.45) is 4.99 Å². The number of alkyl halides is 3. The van der Waals surface area contributed by atoms with Gasteiger partial charge in [-0.05, 0) is 24.1 Å². The number of guanidine groups is 1. The highest BCUT2D eigenvalue weighted by Gasteiger charge is 2.33. The Morgan fingerprint density at radius 1 is 1.24 bits per heavy atom. The summed E-state index contributed by atoms with van der Waals surface area (Å²) in [6.07, 6.45) is -3.21. The van der Waals surface area contributed by atoms with Crippen LogP contribution in [-0.4, -0.2) is 40.0 Å². The van der Waals surface area contributed by atoms with E-state index in [1.807, 2.05) is 0 Å². The summed E-state index contributed by atoms with van der Waals surface area (Å²) in [4.78, 5) is 3.84. The molecule has 0 atom stereocenters.